The van der Waals surface area contributed by atoms with Gasteiger partial charge in [-0.25, -0.2) is 9.97 Å². The summed E-state index contributed by atoms with van der Waals surface area (Å²) in [7, 11) is 0. The van der Waals surface area contributed by atoms with E-state index in [-0.39, 0.29) is 17.0 Å². The highest BCUT2D eigenvalue weighted by atomic mass is 35.5. The summed E-state index contributed by atoms with van der Waals surface area (Å²) in [6.07, 6.45) is 1.71. The SMILES string of the molecule is Nc1nc2cc(Cl)c(C(=O)N(CC3CC3)[C@@H]3CCc4nc(C(F)(F)F)ccc43)cc2c2cnccc12. The van der Waals surface area contributed by atoms with E-state index in [1.807, 2.05) is 0 Å². The van der Waals surface area contributed by atoms with Gasteiger partial charge < -0.3 is 10.6 Å². The summed E-state index contributed by atoms with van der Waals surface area (Å²) in [5, 5.41) is 2.43. The van der Waals surface area contributed by atoms with Crippen molar-refractivity contribution >= 4 is 45.0 Å². The molecule has 0 bridgehead atoms. The highest BCUT2D eigenvalue weighted by Crippen LogP contribution is 2.42. The van der Waals surface area contributed by atoms with Gasteiger partial charge in [0.25, 0.3) is 5.91 Å². The van der Waals surface area contributed by atoms with Gasteiger partial charge in [0.15, 0.2) is 0 Å². The lowest BCUT2D eigenvalue weighted by Crippen LogP contribution is -2.36. The van der Waals surface area contributed by atoms with Crippen molar-refractivity contribution in [2.45, 2.75) is 37.9 Å². The lowest BCUT2D eigenvalue weighted by molar-refractivity contribution is -0.141. The fourth-order valence-electron chi connectivity index (χ4n) is 5.07. The number of nitrogens with two attached hydrogens (primary N) is 1. The summed E-state index contributed by atoms with van der Waals surface area (Å²) in [6, 6.07) is 7.21. The van der Waals surface area contributed by atoms with Crippen LogP contribution in [-0.4, -0.2) is 32.3 Å². The number of anilines is 1. The molecule has 4 aromatic rings. The Labute approximate surface area is 209 Å². The summed E-state index contributed by atoms with van der Waals surface area (Å²) in [5.74, 6) is 0.449. The van der Waals surface area contributed by atoms with Crippen LogP contribution in [0, 0.1) is 5.92 Å². The van der Waals surface area contributed by atoms with E-state index in [4.69, 9.17) is 17.3 Å². The van der Waals surface area contributed by atoms with Crippen molar-refractivity contribution < 1.29 is 18.0 Å². The average Bonchev–Trinajstić information content (AvgIpc) is 3.58. The second kappa shape index (κ2) is 8.30. The molecule has 1 aromatic carbocycles. The molecule has 2 aliphatic carbocycles. The number of aromatic nitrogens is 3. The van der Waals surface area contributed by atoms with Crippen LogP contribution in [0.2, 0.25) is 5.02 Å². The van der Waals surface area contributed by atoms with Gasteiger partial charge in [-0.2, -0.15) is 13.2 Å². The third-order valence-corrected chi connectivity index (χ3v) is 7.36. The van der Waals surface area contributed by atoms with E-state index in [2.05, 4.69) is 15.0 Å². The molecule has 0 unspecified atom stereocenters. The van der Waals surface area contributed by atoms with E-state index in [9.17, 15) is 18.0 Å². The minimum absolute atomic E-state index is 0.243. The predicted molar refractivity (Wildman–Crippen MR) is 131 cm³/mol. The van der Waals surface area contributed by atoms with Crippen molar-refractivity contribution in [3.8, 4) is 0 Å². The van der Waals surface area contributed by atoms with Crippen molar-refractivity contribution in [3.63, 3.8) is 0 Å². The van der Waals surface area contributed by atoms with Gasteiger partial charge in [0, 0.05) is 40.8 Å². The molecule has 3 aromatic heterocycles. The third kappa shape index (κ3) is 3.91. The Kier molecular flexibility index (Phi) is 5.29. The standard InChI is InChI=1S/C26H21ClF3N5O/c27-19-10-21-16(18-11-32-8-7-14(18)24(31)34-21)9-17(19)25(36)35(12-13-1-2-13)22-5-4-20-15(22)3-6-23(33-20)26(28,29)30/h3,6-11,13,22H,1-2,4-5,12H2,(H2,31,34)/t22-/m1/s1. The molecular formula is C26H21ClF3N5O. The maximum Gasteiger partial charge on any atom is 0.433 e. The third-order valence-electron chi connectivity index (χ3n) is 7.05. The van der Waals surface area contributed by atoms with Gasteiger partial charge >= 0.3 is 6.18 Å². The van der Waals surface area contributed by atoms with Crippen LogP contribution in [0.4, 0.5) is 19.0 Å². The van der Waals surface area contributed by atoms with E-state index in [0.29, 0.717) is 58.8 Å². The number of alkyl halides is 3. The van der Waals surface area contributed by atoms with E-state index in [0.717, 1.165) is 29.7 Å². The fraction of sp³-hybridized carbons (Fsp3) is 0.308. The van der Waals surface area contributed by atoms with Gasteiger partial charge in [-0.3, -0.25) is 9.78 Å². The molecule has 1 atom stereocenters. The maximum atomic E-state index is 14.0. The predicted octanol–water partition coefficient (Wildman–Crippen LogP) is 5.97. The van der Waals surface area contributed by atoms with Crippen molar-refractivity contribution in [3.05, 3.63) is 70.3 Å². The number of aryl methyl sites for hydroxylation is 1. The van der Waals surface area contributed by atoms with Crippen LogP contribution in [0.15, 0.2) is 42.7 Å². The first-order valence-corrected chi connectivity index (χ1v) is 12.1. The van der Waals surface area contributed by atoms with Crippen LogP contribution in [0.25, 0.3) is 21.7 Å². The number of benzene rings is 1. The molecular weight excluding hydrogens is 491 g/mol. The Morgan fingerprint density at radius 3 is 2.64 bits per heavy atom. The van der Waals surface area contributed by atoms with Crippen molar-refractivity contribution in [2.75, 3.05) is 12.3 Å². The van der Waals surface area contributed by atoms with Crippen LogP contribution >= 0.6 is 11.6 Å². The first-order chi connectivity index (χ1) is 17.2. The molecule has 0 saturated heterocycles. The highest BCUT2D eigenvalue weighted by Gasteiger charge is 2.39. The quantitative estimate of drug-likeness (QED) is 0.341. The molecule has 1 saturated carbocycles. The molecule has 1 fully saturated rings. The summed E-state index contributed by atoms with van der Waals surface area (Å²) >= 11 is 6.59. The number of nitrogen functional groups attached to an aromatic ring is 1. The number of carbonyl (C=O) groups excluding carboxylic acids is 1. The molecule has 3 heterocycles. The number of hydrogen-bond acceptors (Lipinski definition) is 5. The topological polar surface area (TPSA) is 85.0 Å². The molecule has 1 amide bonds. The number of halogens is 4. The Morgan fingerprint density at radius 2 is 1.89 bits per heavy atom. The molecule has 6 nitrogen and oxygen atoms in total. The van der Waals surface area contributed by atoms with Gasteiger partial charge in [-0.1, -0.05) is 17.7 Å². The minimum Gasteiger partial charge on any atom is -0.383 e. The molecule has 0 radical (unpaired) electrons. The minimum atomic E-state index is -4.51. The van der Waals surface area contributed by atoms with Crippen LogP contribution in [0.5, 0.6) is 0 Å². The Bertz CT molecular complexity index is 1540. The molecule has 0 spiro atoms. The largest absolute Gasteiger partial charge is 0.433 e. The summed E-state index contributed by atoms with van der Waals surface area (Å²) < 4.78 is 39.6. The monoisotopic (exact) mass is 511 g/mol. The number of pyridine rings is 3. The summed E-state index contributed by atoms with van der Waals surface area (Å²) in [5.41, 5.74) is 7.13. The normalized spacial score (nSPS) is 17.5. The molecule has 2 aliphatic rings. The van der Waals surface area contributed by atoms with Crippen LogP contribution in [-0.2, 0) is 12.6 Å². The zero-order valence-electron chi connectivity index (χ0n) is 19.0. The van der Waals surface area contributed by atoms with E-state index >= 15 is 0 Å². The summed E-state index contributed by atoms with van der Waals surface area (Å²) in [6.45, 7) is 0.515. The number of amides is 1. The molecule has 2 N–H and O–H groups in total. The number of carbonyl (C=O) groups is 1. The van der Waals surface area contributed by atoms with E-state index in [1.54, 1.807) is 35.5 Å². The van der Waals surface area contributed by atoms with Crippen molar-refractivity contribution in [1.82, 2.24) is 19.9 Å². The fourth-order valence-corrected chi connectivity index (χ4v) is 5.31. The Hall–Kier alpha value is -3.46. The molecule has 184 valence electrons. The number of fused-ring (bicyclic) bond motifs is 4. The lowest BCUT2D eigenvalue weighted by atomic mass is 10.0. The van der Waals surface area contributed by atoms with Crippen LogP contribution < -0.4 is 5.73 Å². The van der Waals surface area contributed by atoms with Gasteiger partial charge in [-0.05, 0) is 61.4 Å². The Balaban J connectivity index is 1.43. The van der Waals surface area contributed by atoms with E-state index < -0.39 is 11.9 Å². The first kappa shape index (κ1) is 23.0. The number of hydrogen-bond donors (Lipinski definition) is 1. The Morgan fingerprint density at radius 1 is 1.08 bits per heavy atom. The van der Waals surface area contributed by atoms with E-state index in [1.165, 1.54) is 6.07 Å². The average molecular weight is 512 g/mol. The van der Waals surface area contributed by atoms with Gasteiger partial charge in [-0.15, -0.1) is 0 Å². The van der Waals surface area contributed by atoms with Gasteiger partial charge in [0.2, 0.25) is 0 Å². The molecule has 6 rings (SSSR count). The molecule has 36 heavy (non-hydrogen) atoms. The molecule has 0 aliphatic heterocycles. The zero-order valence-corrected chi connectivity index (χ0v) is 19.8. The zero-order chi connectivity index (χ0) is 25.2. The van der Waals surface area contributed by atoms with Crippen molar-refractivity contribution in [1.29, 1.82) is 0 Å². The smallest absolute Gasteiger partial charge is 0.383 e. The molecule has 10 heteroatoms. The number of rotatable bonds is 4. The first-order valence-electron chi connectivity index (χ1n) is 11.7. The van der Waals surface area contributed by atoms with Crippen LogP contribution in [0.1, 0.15) is 52.6 Å². The second-order valence-electron chi connectivity index (χ2n) is 9.45. The van der Waals surface area contributed by atoms with Crippen molar-refractivity contribution in [2.24, 2.45) is 5.92 Å². The lowest BCUT2D eigenvalue weighted by Gasteiger charge is -2.30. The highest BCUT2D eigenvalue weighted by molar-refractivity contribution is 6.35. The van der Waals surface area contributed by atoms with Gasteiger partial charge in [0.1, 0.15) is 11.5 Å². The van der Waals surface area contributed by atoms with Gasteiger partial charge in [0.05, 0.1) is 22.1 Å². The maximum absolute atomic E-state index is 14.0. The number of nitrogens with zero attached hydrogens (tertiary/aromatic N) is 4. The second-order valence-corrected chi connectivity index (χ2v) is 9.86. The summed E-state index contributed by atoms with van der Waals surface area (Å²) in [4.78, 5) is 28.2. The van der Waals surface area contributed by atoms with Crippen LogP contribution in [0.3, 0.4) is 0 Å².